The fraction of sp³-hybridized carbons (Fsp3) is 0.438. The van der Waals surface area contributed by atoms with Crippen molar-refractivity contribution in [3.8, 4) is 5.75 Å². The van der Waals surface area contributed by atoms with Crippen LogP contribution in [0.1, 0.15) is 24.5 Å². The van der Waals surface area contributed by atoms with Crippen LogP contribution in [0.3, 0.4) is 0 Å². The van der Waals surface area contributed by atoms with Crippen LogP contribution < -0.4 is 10.5 Å². The number of aromatic nitrogens is 2. The molecule has 1 aromatic carbocycles. The summed E-state index contributed by atoms with van der Waals surface area (Å²) in [7, 11) is 1.68. The lowest BCUT2D eigenvalue weighted by Gasteiger charge is -2.10. The largest absolute Gasteiger partial charge is 0.497 e. The summed E-state index contributed by atoms with van der Waals surface area (Å²) < 4.78 is 7.09. The molecule has 1 heterocycles. The average molecular weight is 273 g/mol. The van der Waals surface area contributed by atoms with Crippen molar-refractivity contribution in [3.05, 3.63) is 47.8 Å². The molecule has 1 aromatic heterocycles. The van der Waals surface area contributed by atoms with E-state index in [1.165, 1.54) is 11.1 Å². The summed E-state index contributed by atoms with van der Waals surface area (Å²) in [5.41, 5.74) is 8.71. The minimum absolute atomic E-state index is 0.173. The summed E-state index contributed by atoms with van der Waals surface area (Å²) in [5, 5.41) is 4.27. The number of nitrogens with two attached hydrogens (primary N) is 1. The highest BCUT2D eigenvalue weighted by molar-refractivity contribution is 5.27. The number of benzene rings is 1. The van der Waals surface area contributed by atoms with Gasteiger partial charge in [-0.25, -0.2) is 0 Å². The van der Waals surface area contributed by atoms with Crippen molar-refractivity contribution in [1.82, 2.24) is 9.78 Å². The zero-order valence-corrected chi connectivity index (χ0v) is 12.2. The third-order valence-corrected chi connectivity index (χ3v) is 3.47. The second-order valence-corrected chi connectivity index (χ2v) is 5.06. The molecule has 0 aliphatic heterocycles. The molecule has 1 atom stereocenters. The highest BCUT2D eigenvalue weighted by Gasteiger charge is 2.06. The van der Waals surface area contributed by atoms with Gasteiger partial charge in [0.05, 0.1) is 13.3 Å². The van der Waals surface area contributed by atoms with E-state index in [-0.39, 0.29) is 6.04 Å². The minimum atomic E-state index is 0.173. The maximum Gasteiger partial charge on any atom is 0.118 e. The maximum atomic E-state index is 6.20. The van der Waals surface area contributed by atoms with Crippen molar-refractivity contribution in [2.24, 2.45) is 5.73 Å². The molecule has 2 rings (SSSR count). The monoisotopic (exact) mass is 273 g/mol. The van der Waals surface area contributed by atoms with Crippen molar-refractivity contribution in [3.63, 3.8) is 0 Å². The number of rotatable bonds is 7. The van der Waals surface area contributed by atoms with Crippen molar-refractivity contribution in [2.75, 3.05) is 7.11 Å². The summed E-state index contributed by atoms with van der Waals surface area (Å²) in [6, 6.07) is 8.35. The van der Waals surface area contributed by atoms with Gasteiger partial charge in [0.25, 0.3) is 0 Å². The van der Waals surface area contributed by atoms with Gasteiger partial charge in [0.15, 0.2) is 0 Å². The second-order valence-electron chi connectivity index (χ2n) is 5.06. The molecule has 0 radical (unpaired) electrons. The van der Waals surface area contributed by atoms with Gasteiger partial charge >= 0.3 is 0 Å². The van der Waals surface area contributed by atoms with Gasteiger partial charge in [0.2, 0.25) is 0 Å². The Kier molecular flexibility index (Phi) is 5.18. The number of aryl methyl sites for hydroxylation is 2. The predicted octanol–water partition coefficient (Wildman–Crippen LogP) is 2.41. The second kappa shape index (κ2) is 7.10. The summed E-state index contributed by atoms with van der Waals surface area (Å²) in [5.74, 6) is 0.894. The first-order chi connectivity index (χ1) is 9.71. The standard InChI is InChI=1S/C16H23N3O/c1-3-19-12-14(11-18-19)10-15(17)7-4-13-5-8-16(20-2)9-6-13/h5-6,8-9,11-12,15H,3-4,7,10,17H2,1-2H3. The Morgan fingerprint density at radius 2 is 2.00 bits per heavy atom. The number of hydrogen-bond acceptors (Lipinski definition) is 3. The van der Waals surface area contributed by atoms with Gasteiger partial charge in [-0.1, -0.05) is 12.1 Å². The molecule has 2 N–H and O–H groups in total. The highest BCUT2D eigenvalue weighted by atomic mass is 16.5. The van der Waals surface area contributed by atoms with Crippen LogP contribution in [0.15, 0.2) is 36.7 Å². The van der Waals surface area contributed by atoms with E-state index in [0.717, 1.165) is 31.6 Å². The van der Waals surface area contributed by atoms with E-state index in [4.69, 9.17) is 10.5 Å². The highest BCUT2D eigenvalue weighted by Crippen LogP contribution is 2.14. The van der Waals surface area contributed by atoms with E-state index in [0.29, 0.717) is 0 Å². The molecule has 1 unspecified atom stereocenters. The van der Waals surface area contributed by atoms with Crippen LogP contribution in [-0.2, 0) is 19.4 Å². The van der Waals surface area contributed by atoms with Crippen LogP contribution in [-0.4, -0.2) is 22.9 Å². The van der Waals surface area contributed by atoms with Gasteiger partial charge in [-0.2, -0.15) is 5.10 Å². The first kappa shape index (κ1) is 14.6. The molecule has 0 saturated carbocycles. The molecule has 4 nitrogen and oxygen atoms in total. The zero-order valence-electron chi connectivity index (χ0n) is 12.2. The van der Waals surface area contributed by atoms with Crippen molar-refractivity contribution < 1.29 is 4.74 Å². The fourth-order valence-corrected chi connectivity index (χ4v) is 2.23. The van der Waals surface area contributed by atoms with E-state index < -0.39 is 0 Å². The molecule has 0 amide bonds. The Morgan fingerprint density at radius 1 is 1.25 bits per heavy atom. The molecule has 0 spiro atoms. The first-order valence-electron chi connectivity index (χ1n) is 7.11. The van der Waals surface area contributed by atoms with E-state index >= 15 is 0 Å². The normalized spacial score (nSPS) is 12.3. The van der Waals surface area contributed by atoms with E-state index in [9.17, 15) is 0 Å². The molecular formula is C16H23N3O. The van der Waals surface area contributed by atoms with Crippen LogP contribution in [0.25, 0.3) is 0 Å². The van der Waals surface area contributed by atoms with Crippen LogP contribution >= 0.6 is 0 Å². The van der Waals surface area contributed by atoms with E-state index in [2.05, 4.69) is 30.4 Å². The smallest absolute Gasteiger partial charge is 0.118 e. The number of methoxy groups -OCH3 is 1. The predicted molar refractivity (Wildman–Crippen MR) is 80.9 cm³/mol. The Bertz CT molecular complexity index is 519. The molecule has 2 aromatic rings. The van der Waals surface area contributed by atoms with Crippen LogP contribution in [0.2, 0.25) is 0 Å². The van der Waals surface area contributed by atoms with Gasteiger partial charge in [0.1, 0.15) is 5.75 Å². The van der Waals surface area contributed by atoms with Crippen molar-refractivity contribution in [1.29, 1.82) is 0 Å². The van der Waals surface area contributed by atoms with Crippen molar-refractivity contribution >= 4 is 0 Å². The maximum absolute atomic E-state index is 6.20. The summed E-state index contributed by atoms with van der Waals surface area (Å²) >= 11 is 0. The Balaban J connectivity index is 1.80. The van der Waals surface area contributed by atoms with Gasteiger partial charge in [0, 0.05) is 18.8 Å². The number of nitrogens with zero attached hydrogens (tertiary/aromatic N) is 2. The van der Waals surface area contributed by atoms with Gasteiger partial charge < -0.3 is 10.5 Å². The summed E-state index contributed by atoms with van der Waals surface area (Å²) in [4.78, 5) is 0. The number of ether oxygens (including phenoxy) is 1. The molecule has 0 fully saturated rings. The third kappa shape index (κ3) is 4.10. The van der Waals surface area contributed by atoms with Crippen LogP contribution in [0, 0.1) is 0 Å². The quantitative estimate of drug-likeness (QED) is 0.843. The summed E-state index contributed by atoms with van der Waals surface area (Å²) in [6.45, 7) is 2.99. The lowest BCUT2D eigenvalue weighted by molar-refractivity contribution is 0.414. The van der Waals surface area contributed by atoms with Gasteiger partial charge in [-0.05, 0) is 49.4 Å². The number of hydrogen-bond donors (Lipinski definition) is 1. The van der Waals surface area contributed by atoms with Crippen LogP contribution in [0.5, 0.6) is 5.75 Å². The average Bonchev–Trinajstić information content (AvgIpc) is 2.93. The first-order valence-corrected chi connectivity index (χ1v) is 7.11. The molecule has 0 saturated heterocycles. The molecule has 0 bridgehead atoms. The Morgan fingerprint density at radius 3 is 2.60 bits per heavy atom. The van der Waals surface area contributed by atoms with Crippen LogP contribution in [0.4, 0.5) is 0 Å². The molecular weight excluding hydrogens is 250 g/mol. The van der Waals surface area contributed by atoms with Crippen molar-refractivity contribution in [2.45, 2.75) is 38.8 Å². The third-order valence-electron chi connectivity index (χ3n) is 3.47. The Hall–Kier alpha value is -1.81. The minimum Gasteiger partial charge on any atom is -0.497 e. The fourth-order valence-electron chi connectivity index (χ4n) is 2.23. The molecule has 108 valence electrons. The van der Waals surface area contributed by atoms with E-state index in [1.807, 2.05) is 23.0 Å². The SMILES string of the molecule is CCn1cc(CC(N)CCc2ccc(OC)cc2)cn1. The topological polar surface area (TPSA) is 53.1 Å². The molecule has 4 heteroatoms. The van der Waals surface area contributed by atoms with Gasteiger partial charge in [-0.15, -0.1) is 0 Å². The lowest BCUT2D eigenvalue weighted by atomic mass is 10.0. The zero-order chi connectivity index (χ0) is 14.4. The van der Waals surface area contributed by atoms with E-state index in [1.54, 1.807) is 7.11 Å². The summed E-state index contributed by atoms with van der Waals surface area (Å²) in [6.07, 6.45) is 6.84. The van der Waals surface area contributed by atoms with Gasteiger partial charge in [-0.3, -0.25) is 4.68 Å². The lowest BCUT2D eigenvalue weighted by Crippen LogP contribution is -2.23. The molecule has 0 aliphatic carbocycles. The molecule has 20 heavy (non-hydrogen) atoms. The Labute approximate surface area is 120 Å². The molecule has 0 aliphatic rings.